The molecule has 4 aliphatic carbocycles. The lowest BCUT2D eigenvalue weighted by Crippen LogP contribution is -2.63. The SMILES string of the molecule is COC(=O)[C@@]1(OC(=O)C(Cl)Cl)CC[C@H]2[C@@H]3CCC4=CC(=O)CC[C@]4(C)[C@H]3[C@@H](O)C[C@@]21C. The third kappa shape index (κ3) is 3.19. The molecular formula is C23H30Cl2O6. The van der Waals surface area contributed by atoms with E-state index in [1.54, 1.807) is 6.08 Å². The highest BCUT2D eigenvalue weighted by atomic mass is 35.5. The first-order chi connectivity index (χ1) is 14.5. The average Bonchev–Trinajstić information content (AvgIpc) is 3.00. The summed E-state index contributed by atoms with van der Waals surface area (Å²) < 4.78 is 10.8. The number of carbonyl (C=O) groups excluding carboxylic acids is 3. The van der Waals surface area contributed by atoms with Crippen LogP contribution in [0, 0.1) is 28.6 Å². The number of aliphatic hydroxyl groups excluding tert-OH is 1. The average molecular weight is 473 g/mol. The molecule has 0 saturated heterocycles. The van der Waals surface area contributed by atoms with Gasteiger partial charge >= 0.3 is 11.9 Å². The molecule has 172 valence electrons. The van der Waals surface area contributed by atoms with E-state index in [9.17, 15) is 19.5 Å². The predicted octanol–water partition coefficient (Wildman–Crippen LogP) is 3.75. The van der Waals surface area contributed by atoms with Gasteiger partial charge in [0.1, 0.15) is 0 Å². The Morgan fingerprint density at radius 3 is 2.55 bits per heavy atom. The first-order valence-electron chi connectivity index (χ1n) is 11.0. The highest BCUT2D eigenvalue weighted by molar-refractivity contribution is 6.53. The molecule has 31 heavy (non-hydrogen) atoms. The molecular weight excluding hydrogens is 443 g/mol. The summed E-state index contributed by atoms with van der Waals surface area (Å²) in [5.41, 5.74) is -1.43. The van der Waals surface area contributed by atoms with E-state index in [1.165, 1.54) is 7.11 Å². The summed E-state index contributed by atoms with van der Waals surface area (Å²) >= 11 is 11.5. The van der Waals surface area contributed by atoms with Crippen LogP contribution in [0.2, 0.25) is 0 Å². The minimum atomic E-state index is -1.53. The van der Waals surface area contributed by atoms with Crippen LogP contribution in [0.1, 0.15) is 58.8 Å². The van der Waals surface area contributed by atoms with E-state index < -0.39 is 33.9 Å². The second-order valence-corrected chi connectivity index (χ2v) is 11.3. The zero-order chi connectivity index (χ0) is 22.8. The van der Waals surface area contributed by atoms with Gasteiger partial charge in [0.25, 0.3) is 0 Å². The number of carbonyl (C=O) groups is 3. The van der Waals surface area contributed by atoms with Gasteiger partial charge in [-0.2, -0.15) is 0 Å². The van der Waals surface area contributed by atoms with Crippen LogP contribution in [-0.4, -0.2) is 46.5 Å². The third-order valence-electron chi connectivity index (χ3n) is 8.98. The number of aliphatic hydroxyl groups is 1. The van der Waals surface area contributed by atoms with Crippen LogP contribution in [0.25, 0.3) is 0 Å². The molecule has 0 radical (unpaired) electrons. The highest BCUT2D eigenvalue weighted by Crippen LogP contribution is 2.68. The van der Waals surface area contributed by atoms with E-state index in [0.717, 1.165) is 24.8 Å². The van der Waals surface area contributed by atoms with E-state index in [2.05, 4.69) is 6.92 Å². The Balaban J connectivity index is 1.74. The van der Waals surface area contributed by atoms with Crippen molar-refractivity contribution in [2.75, 3.05) is 7.11 Å². The molecule has 8 heteroatoms. The Hall–Kier alpha value is -1.11. The molecule has 4 rings (SSSR count). The quantitative estimate of drug-likeness (QED) is 0.496. The number of hydrogen-bond acceptors (Lipinski definition) is 6. The molecule has 0 aliphatic heterocycles. The van der Waals surface area contributed by atoms with Gasteiger partial charge in [0.2, 0.25) is 10.4 Å². The first kappa shape index (κ1) is 23.1. The molecule has 0 spiro atoms. The highest BCUT2D eigenvalue weighted by Gasteiger charge is 2.71. The lowest BCUT2D eigenvalue weighted by atomic mass is 9.45. The normalized spacial score (nSPS) is 44.1. The van der Waals surface area contributed by atoms with Gasteiger partial charge in [-0.25, -0.2) is 9.59 Å². The van der Waals surface area contributed by atoms with E-state index in [0.29, 0.717) is 25.7 Å². The van der Waals surface area contributed by atoms with Gasteiger partial charge < -0.3 is 14.6 Å². The standard InChI is InChI=1S/C23H30Cl2O6/c1-21-8-6-13(26)10-12(21)4-5-14-15-7-9-23(20(29)30-3,31-19(28)18(24)25)22(15,2)11-16(27)17(14)21/h10,14-18,27H,4-9,11H2,1-3H3/t14-,15-,16-,17+,21-,22-,23-/m0/s1. The zero-order valence-electron chi connectivity index (χ0n) is 18.2. The number of hydrogen-bond donors (Lipinski definition) is 1. The molecule has 3 saturated carbocycles. The van der Waals surface area contributed by atoms with Crippen LogP contribution >= 0.6 is 23.2 Å². The van der Waals surface area contributed by atoms with Crippen LogP contribution in [0.5, 0.6) is 0 Å². The number of halogens is 2. The number of fused-ring (bicyclic) bond motifs is 5. The summed E-state index contributed by atoms with van der Waals surface area (Å²) in [6, 6.07) is 0. The molecule has 0 aromatic heterocycles. The second kappa shape index (κ2) is 7.74. The van der Waals surface area contributed by atoms with Crippen molar-refractivity contribution in [3.63, 3.8) is 0 Å². The number of rotatable bonds is 3. The van der Waals surface area contributed by atoms with Crippen molar-refractivity contribution in [1.29, 1.82) is 0 Å². The molecule has 0 aromatic carbocycles. The number of methoxy groups -OCH3 is 1. The van der Waals surface area contributed by atoms with Gasteiger partial charge in [-0.1, -0.05) is 42.6 Å². The largest absolute Gasteiger partial charge is 0.466 e. The van der Waals surface area contributed by atoms with Crippen molar-refractivity contribution in [1.82, 2.24) is 0 Å². The zero-order valence-corrected chi connectivity index (χ0v) is 19.7. The monoisotopic (exact) mass is 472 g/mol. The predicted molar refractivity (Wildman–Crippen MR) is 114 cm³/mol. The number of allylic oxidation sites excluding steroid dienone is 1. The Morgan fingerprint density at radius 1 is 1.19 bits per heavy atom. The topological polar surface area (TPSA) is 89.9 Å². The Labute approximate surface area is 192 Å². The maximum atomic E-state index is 13.0. The maximum Gasteiger partial charge on any atom is 0.350 e. The molecule has 0 bridgehead atoms. The van der Waals surface area contributed by atoms with Gasteiger partial charge in [0.05, 0.1) is 13.2 Å². The van der Waals surface area contributed by atoms with Crippen molar-refractivity contribution in [2.45, 2.75) is 75.3 Å². The number of ether oxygens (including phenoxy) is 2. The van der Waals surface area contributed by atoms with Gasteiger partial charge in [-0.05, 0) is 67.8 Å². The molecule has 0 aromatic rings. The molecule has 1 N–H and O–H groups in total. The molecule has 7 atom stereocenters. The van der Waals surface area contributed by atoms with Gasteiger partial charge in [-0.15, -0.1) is 0 Å². The first-order valence-corrected chi connectivity index (χ1v) is 11.9. The Morgan fingerprint density at radius 2 is 1.90 bits per heavy atom. The van der Waals surface area contributed by atoms with Crippen LogP contribution in [0.4, 0.5) is 0 Å². The van der Waals surface area contributed by atoms with Crippen LogP contribution < -0.4 is 0 Å². The van der Waals surface area contributed by atoms with Crippen molar-refractivity contribution in [3.05, 3.63) is 11.6 Å². The van der Waals surface area contributed by atoms with Crippen LogP contribution in [0.15, 0.2) is 11.6 Å². The molecule has 0 amide bonds. The van der Waals surface area contributed by atoms with E-state index in [-0.39, 0.29) is 29.0 Å². The Bertz CT molecular complexity index is 840. The number of alkyl halides is 2. The Kier molecular flexibility index (Phi) is 5.76. The summed E-state index contributed by atoms with van der Waals surface area (Å²) in [5.74, 6) is -1.13. The van der Waals surface area contributed by atoms with Crippen LogP contribution in [0.3, 0.4) is 0 Å². The van der Waals surface area contributed by atoms with Crippen molar-refractivity contribution in [2.24, 2.45) is 28.6 Å². The van der Waals surface area contributed by atoms with Gasteiger partial charge in [0.15, 0.2) is 5.78 Å². The molecule has 3 fully saturated rings. The van der Waals surface area contributed by atoms with E-state index in [4.69, 9.17) is 32.7 Å². The number of ketones is 1. The fourth-order valence-corrected chi connectivity index (χ4v) is 7.69. The summed E-state index contributed by atoms with van der Waals surface area (Å²) in [6.45, 7) is 4.09. The summed E-state index contributed by atoms with van der Waals surface area (Å²) in [7, 11) is 1.27. The van der Waals surface area contributed by atoms with Gasteiger partial charge in [0, 0.05) is 11.8 Å². The fraction of sp³-hybridized carbons (Fsp3) is 0.783. The van der Waals surface area contributed by atoms with Crippen molar-refractivity contribution in [3.8, 4) is 0 Å². The van der Waals surface area contributed by atoms with Gasteiger partial charge in [-0.3, -0.25) is 4.79 Å². The van der Waals surface area contributed by atoms with Crippen molar-refractivity contribution >= 4 is 40.9 Å². The molecule has 4 aliphatic rings. The van der Waals surface area contributed by atoms with E-state index in [1.807, 2.05) is 6.92 Å². The smallest absolute Gasteiger partial charge is 0.350 e. The molecule has 0 unspecified atom stereocenters. The lowest BCUT2D eigenvalue weighted by molar-refractivity contribution is -0.212. The molecule has 6 nitrogen and oxygen atoms in total. The molecule has 0 heterocycles. The summed E-state index contributed by atoms with van der Waals surface area (Å²) in [4.78, 5) is 36.0. The minimum Gasteiger partial charge on any atom is -0.466 e. The van der Waals surface area contributed by atoms with Crippen LogP contribution in [-0.2, 0) is 23.9 Å². The third-order valence-corrected chi connectivity index (χ3v) is 9.34. The minimum absolute atomic E-state index is 0.00312. The fourth-order valence-electron chi connectivity index (χ4n) is 7.60. The maximum absolute atomic E-state index is 13.0. The van der Waals surface area contributed by atoms with Crippen molar-refractivity contribution < 1.29 is 29.0 Å². The lowest BCUT2D eigenvalue weighted by Gasteiger charge is -2.60. The number of esters is 2. The second-order valence-electron chi connectivity index (χ2n) is 10.2. The summed E-state index contributed by atoms with van der Waals surface area (Å²) in [6.07, 6.45) is 5.23. The van der Waals surface area contributed by atoms with E-state index >= 15 is 0 Å². The summed E-state index contributed by atoms with van der Waals surface area (Å²) in [5, 5.41) is 11.5.